The number of nitrogens with zero attached hydrogens (tertiary/aromatic N) is 2. The van der Waals surface area contributed by atoms with Crippen LogP contribution < -0.4 is 0 Å². The minimum absolute atomic E-state index is 0.0328. The average molecular weight is 350 g/mol. The molecule has 24 heavy (non-hydrogen) atoms. The van der Waals surface area contributed by atoms with Crippen LogP contribution in [0.3, 0.4) is 0 Å². The number of aromatic nitrogens is 1. The first-order valence-electron chi connectivity index (χ1n) is 7.35. The van der Waals surface area contributed by atoms with Gasteiger partial charge in [-0.25, -0.2) is 4.98 Å². The zero-order valence-electron chi connectivity index (χ0n) is 13.0. The van der Waals surface area contributed by atoms with Crippen LogP contribution in [-0.2, 0) is 0 Å². The van der Waals surface area contributed by atoms with Gasteiger partial charge in [-0.1, -0.05) is 48.2 Å². The van der Waals surface area contributed by atoms with E-state index in [4.69, 9.17) is 0 Å². The highest BCUT2D eigenvalue weighted by atomic mass is 32.2. The highest BCUT2D eigenvalue weighted by Gasteiger charge is 2.16. The van der Waals surface area contributed by atoms with Crippen LogP contribution in [0.1, 0.15) is 21.6 Å². The van der Waals surface area contributed by atoms with Crippen LogP contribution in [0.5, 0.6) is 0 Å². The molecule has 2 aromatic heterocycles. The smallest absolute Gasteiger partial charge is 0.173 e. The molecule has 3 rings (SSSR count). The van der Waals surface area contributed by atoms with E-state index in [0.717, 1.165) is 16.1 Å². The van der Waals surface area contributed by atoms with Crippen LogP contribution in [0.15, 0.2) is 58.9 Å². The molecule has 2 heterocycles. The summed E-state index contributed by atoms with van der Waals surface area (Å²) in [6, 6.07) is 17.3. The van der Waals surface area contributed by atoms with Gasteiger partial charge in [-0.2, -0.15) is 5.26 Å². The molecule has 1 aromatic carbocycles. The number of nitriles is 1. The van der Waals surface area contributed by atoms with Gasteiger partial charge in [0, 0.05) is 21.7 Å². The number of hydrogen-bond acceptors (Lipinski definition) is 5. The predicted molar refractivity (Wildman–Crippen MR) is 98.5 cm³/mol. The summed E-state index contributed by atoms with van der Waals surface area (Å²) in [5, 5.41) is 12.2. The molecule has 0 amide bonds. The van der Waals surface area contributed by atoms with Gasteiger partial charge in [0.25, 0.3) is 0 Å². The maximum Gasteiger partial charge on any atom is 0.173 e. The highest BCUT2D eigenvalue weighted by Crippen LogP contribution is 2.33. The Kier molecular flexibility index (Phi) is 5.09. The third kappa shape index (κ3) is 3.56. The Hall–Kier alpha value is -2.42. The summed E-state index contributed by atoms with van der Waals surface area (Å²) in [6.07, 6.45) is 0. The number of ketones is 1. The van der Waals surface area contributed by atoms with E-state index in [9.17, 15) is 10.1 Å². The summed E-state index contributed by atoms with van der Waals surface area (Å²) in [5.74, 6) is 0.296. The minimum Gasteiger partial charge on any atom is -0.293 e. The van der Waals surface area contributed by atoms with E-state index < -0.39 is 0 Å². The van der Waals surface area contributed by atoms with E-state index in [1.54, 1.807) is 23.5 Å². The number of rotatable bonds is 5. The lowest BCUT2D eigenvalue weighted by molar-refractivity contribution is 0.102. The molecule has 3 aromatic rings. The summed E-state index contributed by atoms with van der Waals surface area (Å²) in [7, 11) is 0. The van der Waals surface area contributed by atoms with E-state index in [2.05, 4.69) is 11.1 Å². The Morgan fingerprint density at radius 1 is 1.25 bits per heavy atom. The fourth-order valence-electron chi connectivity index (χ4n) is 2.32. The Labute approximate surface area is 149 Å². The molecule has 0 spiro atoms. The number of carbonyl (C=O) groups excluding carboxylic acids is 1. The number of thioether (sulfide) groups is 1. The molecule has 0 unspecified atom stereocenters. The number of thiophene rings is 1. The molecule has 0 aliphatic heterocycles. The maximum absolute atomic E-state index is 12.3. The number of benzene rings is 1. The van der Waals surface area contributed by atoms with Crippen LogP contribution in [0.2, 0.25) is 0 Å². The van der Waals surface area contributed by atoms with Gasteiger partial charge in [0.1, 0.15) is 11.1 Å². The van der Waals surface area contributed by atoms with Gasteiger partial charge in [0.15, 0.2) is 5.78 Å². The summed E-state index contributed by atoms with van der Waals surface area (Å²) >= 11 is 2.91. The molecule has 0 fully saturated rings. The Bertz CT molecular complexity index is 897. The second kappa shape index (κ2) is 7.43. The van der Waals surface area contributed by atoms with E-state index in [1.165, 1.54) is 11.8 Å². The first kappa shape index (κ1) is 16.4. The SMILES string of the molecule is Cc1cc(-c2cccs2)c(C#N)c(SCC(=O)c2ccccc2)n1. The van der Waals surface area contributed by atoms with Gasteiger partial charge < -0.3 is 0 Å². The van der Waals surface area contributed by atoms with Crippen molar-refractivity contribution in [3.05, 3.63) is 70.7 Å². The molecule has 0 aliphatic carbocycles. The number of aryl methyl sites for hydroxylation is 1. The lowest BCUT2D eigenvalue weighted by Gasteiger charge is -2.09. The third-order valence-electron chi connectivity index (χ3n) is 3.45. The van der Waals surface area contributed by atoms with Gasteiger partial charge in [0.05, 0.1) is 11.3 Å². The van der Waals surface area contributed by atoms with E-state index in [-0.39, 0.29) is 11.5 Å². The van der Waals surface area contributed by atoms with Crippen molar-refractivity contribution in [2.75, 3.05) is 5.75 Å². The van der Waals surface area contributed by atoms with Crippen LogP contribution in [0.25, 0.3) is 10.4 Å². The average Bonchev–Trinajstić information content (AvgIpc) is 3.14. The van der Waals surface area contributed by atoms with Gasteiger partial charge in [-0.05, 0) is 24.4 Å². The molecule has 3 nitrogen and oxygen atoms in total. The topological polar surface area (TPSA) is 53.8 Å². The van der Waals surface area contributed by atoms with Crippen LogP contribution in [0, 0.1) is 18.3 Å². The number of pyridine rings is 1. The Morgan fingerprint density at radius 2 is 2.04 bits per heavy atom. The van der Waals surface area contributed by atoms with Gasteiger partial charge in [0.2, 0.25) is 0 Å². The second-order valence-corrected chi connectivity index (χ2v) is 7.07. The molecule has 0 saturated heterocycles. The first-order chi connectivity index (χ1) is 11.7. The van der Waals surface area contributed by atoms with Crippen molar-refractivity contribution in [2.45, 2.75) is 11.9 Å². The van der Waals surface area contributed by atoms with E-state index in [1.807, 2.05) is 48.7 Å². The van der Waals surface area contributed by atoms with Crippen molar-refractivity contribution in [3.8, 4) is 16.5 Å². The van der Waals surface area contributed by atoms with Crippen molar-refractivity contribution in [1.82, 2.24) is 4.98 Å². The van der Waals surface area contributed by atoms with Crippen molar-refractivity contribution < 1.29 is 4.79 Å². The van der Waals surface area contributed by atoms with Crippen LogP contribution >= 0.6 is 23.1 Å². The standard InChI is InChI=1S/C19H14N2OS2/c1-13-10-15(18-8-5-9-23-18)16(11-20)19(21-13)24-12-17(22)14-6-3-2-4-7-14/h2-10H,12H2,1H3. The van der Waals surface area contributed by atoms with Crippen molar-refractivity contribution in [3.63, 3.8) is 0 Å². The lowest BCUT2D eigenvalue weighted by atomic mass is 10.1. The monoisotopic (exact) mass is 350 g/mol. The van der Waals surface area contributed by atoms with E-state index in [0.29, 0.717) is 16.2 Å². The van der Waals surface area contributed by atoms with Gasteiger partial charge in [-0.3, -0.25) is 4.79 Å². The number of Topliss-reactive ketones (excluding diaryl/α,β-unsaturated/α-hetero) is 1. The zero-order valence-corrected chi connectivity index (χ0v) is 14.7. The molecule has 0 saturated carbocycles. The molecule has 0 radical (unpaired) electrons. The fraction of sp³-hybridized carbons (Fsp3) is 0.105. The Balaban J connectivity index is 1.88. The second-order valence-electron chi connectivity index (χ2n) is 5.16. The molecule has 5 heteroatoms. The van der Waals surface area contributed by atoms with Gasteiger partial charge in [-0.15, -0.1) is 11.3 Å². The fourth-order valence-corrected chi connectivity index (χ4v) is 4.02. The quantitative estimate of drug-likeness (QED) is 0.482. The Morgan fingerprint density at radius 3 is 2.71 bits per heavy atom. The molecule has 0 N–H and O–H groups in total. The van der Waals surface area contributed by atoms with Crippen molar-refractivity contribution in [1.29, 1.82) is 5.26 Å². The van der Waals surface area contributed by atoms with Crippen molar-refractivity contribution >= 4 is 28.9 Å². The largest absolute Gasteiger partial charge is 0.293 e. The van der Waals surface area contributed by atoms with Crippen molar-refractivity contribution in [2.24, 2.45) is 0 Å². The minimum atomic E-state index is 0.0328. The summed E-state index contributed by atoms with van der Waals surface area (Å²) < 4.78 is 0. The molecule has 0 aliphatic rings. The molecule has 0 bridgehead atoms. The van der Waals surface area contributed by atoms with E-state index >= 15 is 0 Å². The maximum atomic E-state index is 12.3. The van der Waals surface area contributed by atoms with Crippen LogP contribution in [-0.4, -0.2) is 16.5 Å². The van der Waals surface area contributed by atoms with Crippen LogP contribution in [0.4, 0.5) is 0 Å². The summed E-state index contributed by atoms with van der Waals surface area (Å²) in [4.78, 5) is 17.8. The highest BCUT2D eigenvalue weighted by molar-refractivity contribution is 8.00. The summed E-state index contributed by atoms with van der Waals surface area (Å²) in [5.41, 5.74) is 2.94. The number of carbonyl (C=O) groups is 1. The molecule has 118 valence electrons. The molecule has 0 atom stereocenters. The predicted octanol–water partition coefficient (Wildman–Crippen LogP) is 4.97. The summed E-state index contributed by atoms with van der Waals surface area (Å²) in [6.45, 7) is 1.90. The first-order valence-corrected chi connectivity index (χ1v) is 9.22. The zero-order chi connectivity index (χ0) is 16.9. The molecular formula is C19H14N2OS2. The number of hydrogen-bond donors (Lipinski definition) is 0. The van der Waals surface area contributed by atoms with Gasteiger partial charge >= 0.3 is 0 Å². The normalized spacial score (nSPS) is 10.3. The molecular weight excluding hydrogens is 336 g/mol. The third-order valence-corrected chi connectivity index (χ3v) is 5.33. The lowest BCUT2D eigenvalue weighted by Crippen LogP contribution is -2.03.